The van der Waals surface area contributed by atoms with E-state index in [1.165, 1.54) is 6.92 Å². The van der Waals surface area contributed by atoms with Crippen molar-refractivity contribution >= 4 is 27.6 Å². The third-order valence-electron chi connectivity index (χ3n) is 4.80. The van der Waals surface area contributed by atoms with Gasteiger partial charge in [-0.15, -0.1) is 0 Å². The lowest BCUT2D eigenvalue weighted by Gasteiger charge is -2.08. The summed E-state index contributed by atoms with van der Waals surface area (Å²) in [5.74, 6) is -1.99. The largest absolute Gasteiger partial charge is 0.456 e. The van der Waals surface area contributed by atoms with Crippen molar-refractivity contribution in [3.05, 3.63) is 71.2 Å². The van der Waals surface area contributed by atoms with E-state index in [4.69, 9.17) is 16.5 Å². The van der Waals surface area contributed by atoms with E-state index >= 15 is 0 Å². The standard InChI is InChI=1S/C23H21N2O/c1-14(2)20-18(24-4)12-11-17-16-10-9-15(3)21(23(16)26-22(17)20)19-8-6-7-13-25(19)5/h6-14H,1-3,5H3/q+1/i1D3,14D. The van der Waals surface area contributed by atoms with Crippen molar-refractivity contribution in [2.45, 2.75) is 26.6 Å². The molecule has 2 aromatic carbocycles. The predicted molar refractivity (Wildman–Crippen MR) is 105 cm³/mol. The lowest BCUT2D eigenvalue weighted by Crippen LogP contribution is -2.30. The first-order valence-corrected chi connectivity index (χ1v) is 8.39. The summed E-state index contributed by atoms with van der Waals surface area (Å²) in [5, 5.41) is 1.53. The van der Waals surface area contributed by atoms with Crippen molar-refractivity contribution < 1.29 is 14.5 Å². The second-order valence-corrected chi connectivity index (χ2v) is 6.51. The molecule has 0 fully saturated rings. The van der Waals surface area contributed by atoms with Gasteiger partial charge in [-0.1, -0.05) is 38.0 Å². The second kappa shape index (κ2) is 6.00. The highest BCUT2D eigenvalue weighted by atomic mass is 16.3. The van der Waals surface area contributed by atoms with E-state index in [1.807, 2.05) is 55.1 Å². The lowest BCUT2D eigenvalue weighted by atomic mass is 9.97. The number of hydrogen-bond donors (Lipinski definition) is 0. The molecular weight excluding hydrogens is 320 g/mol. The molecule has 2 aromatic heterocycles. The minimum Gasteiger partial charge on any atom is -0.456 e. The SMILES string of the molecule is [2H]C([2H])([2H])C([2H])(C)c1c([N+]#[C-])ccc2c1oc1c(-c3cccc[n+]3C)c(C)ccc12. The summed E-state index contributed by atoms with van der Waals surface area (Å²) in [6, 6.07) is 13.2. The molecule has 0 saturated carbocycles. The van der Waals surface area contributed by atoms with Crippen molar-refractivity contribution in [2.24, 2.45) is 7.05 Å². The number of fused-ring (bicyclic) bond motifs is 3. The molecule has 0 amide bonds. The van der Waals surface area contributed by atoms with Crippen LogP contribution < -0.4 is 4.57 Å². The average molecular weight is 345 g/mol. The molecule has 0 N–H and O–H groups in total. The molecular formula is C23H21N2O+. The number of aryl methyl sites for hydroxylation is 2. The Morgan fingerprint density at radius 1 is 1.15 bits per heavy atom. The number of furan rings is 1. The molecule has 0 aliphatic heterocycles. The first-order chi connectivity index (χ1) is 14.1. The fourth-order valence-corrected chi connectivity index (χ4v) is 3.55. The molecule has 128 valence electrons. The Bertz CT molecular complexity index is 1340. The number of nitrogens with zero attached hydrogens (tertiary/aromatic N) is 2. The van der Waals surface area contributed by atoms with Gasteiger partial charge in [0.25, 0.3) is 0 Å². The van der Waals surface area contributed by atoms with Crippen LogP contribution in [0.15, 0.2) is 53.1 Å². The fourth-order valence-electron chi connectivity index (χ4n) is 3.55. The molecule has 0 saturated heterocycles. The minimum atomic E-state index is -2.62. The predicted octanol–water partition coefficient (Wildman–Crippen LogP) is 6.06. The van der Waals surface area contributed by atoms with Gasteiger partial charge in [-0.05, 0) is 24.4 Å². The zero-order chi connectivity index (χ0) is 21.8. The Morgan fingerprint density at radius 2 is 1.92 bits per heavy atom. The molecule has 0 radical (unpaired) electrons. The molecule has 1 atom stereocenters. The minimum absolute atomic E-state index is 0.104. The van der Waals surface area contributed by atoms with E-state index in [2.05, 4.69) is 4.85 Å². The molecule has 3 nitrogen and oxygen atoms in total. The summed E-state index contributed by atoms with van der Waals surface area (Å²) in [4.78, 5) is 3.50. The van der Waals surface area contributed by atoms with Gasteiger partial charge in [0, 0.05) is 34.0 Å². The van der Waals surface area contributed by atoms with Gasteiger partial charge in [0.2, 0.25) is 5.69 Å². The van der Waals surface area contributed by atoms with Crippen LogP contribution in [0.4, 0.5) is 5.69 Å². The highest BCUT2D eigenvalue weighted by Crippen LogP contribution is 2.42. The number of pyridine rings is 1. The molecule has 2 heterocycles. The number of hydrogen-bond acceptors (Lipinski definition) is 1. The Morgan fingerprint density at radius 3 is 2.65 bits per heavy atom. The highest BCUT2D eigenvalue weighted by Gasteiger charge is 2.22. The molecule has 3 heteroatoms. The first kappa shape index (κ1) is 12.3. The maximum Gasteiger partial charge on any atom is 0.216 e. The van der Waals surface area contributed by atoms with Crippen molar-refractivity contribution in [3.8, 4) is 11.3 Å². The van der Waals surface area contributed by atoms with Gasteiger partial charge in [-0.2, -0.15) is 0 Å². The zero-order valence-electron chi connectivity index (χ0n) is 18.9. The van der Waals surface area contributed by atoms with Crippen molar-refractivity contribution in [3.63, 3.8) is 0 Å². The average Bonchev–Trinajstić information content (AvgIpc) is 3.05. The highest BCUT2D eigenvalue weighted by molar-refractivity contribution is 6.11. The Labute approximate surface area is 158 Å². The monoisotopic (exact) mass is 345 g/mol. The zero-order valence-corrected chi connectivity index (χ0v) is 14.9. The van der Waals surface area contributed by atoms with E-state index in [9.17, 15) is 0 Å². The lowest BCUT2D eigenvalue weighted by molar-refractivity contribution is -0.660. The summed E-state index contributed by atoms with van der Waals surface area (Å²) in [5.41, 5.74) is 4.01. The van der Waals surface area contributed by atoms with E-state index in [1.54, 1.807) is 12.1 Å². The third-order valence-corrected chi connectivity index (χ3v) is 4.80. The molecule has 4 aromatic rings. The summed E-state index contributed by atoms with van der Waals surface area (Å²) in [6.07, 6.45) is 1.95. The van der Waals surface area contributed by atoms with Crippen LogP contribution in [0.25, 0.3) is 38.0 Å². The molecule has 0 aliphatic carbocycles. The van der Waals surface area contributed by atoms with E-state index < -0.39 is 12.7 Å². The van der Waals surface area contributed by atoms with Crippen LogP contribution in [0.1, 0.15) is 36.3 Å². The van der Waals surface area contributed by atoms with Crippen molar-refractivity contribution in [1.29, 1.82) is 0 Å². The molecule has 4 rings (SSSR count). The molecule has 0 aliphatic rings. The number of aromatic nitrogens is 1. The van der Waals surface area contributed by atoms with Crippen LogP contribution in [0.5, 0.6) is 0 Å². The summed E-state index contributed by atoms with van der Waals surface area (Å²) >= 11 is 0. The van der Waals surface area contributed by atoms with Crippen LogP contribution in [-0.4, -0.2) is 0 Å². The number of rotatable bonds is 2. The maximum absolute atomic E-state index is 8.64. The van der Waals surface area contributed by atoms with Crippen LogP contribution in [0.2, 0.25) is 0 Å². The van der Waals surface area contributed by atoms with Crippen LogP contribution in [0.3, 0.4) is 0 Å². The quantitative estimate of drug-likeness (QED) is 0.319. The van der Waals surface area contributed by atoms with Crippen LogP contribution in [0, 0.1) is 13.5 Å². The van der Waals surface area contributed by atoms with Crippen LogP contribution in [-0.2, 0) is 7.05 Å². The van der Waals surface area contributed by atoms with Gasteiger partial charge >= 0.3 is 0 Å². The van der Waals surface area contributed by atoms with E-state index in [0.717, 1.165) is 22.2 Å². The Balaban J connectivity index is 2.18. The summed E-state index contributed by atoms with van der Waals surface area (Å²) < 4.78 is 40.6. The van der Waals surface area contributed by atoms with E-state index in [-0.39, 0.29) is 16.8 Å². The van der Waals surface area contributed by atoms with Gasteiger partial charge in [0.1, 0.15) is 18.2 Å². The Hall–Kier alpha value is -3.12. The van der Waals surface area contributed by atoms with Gasteiger partial charge in [0.05, 0.1) is 12.1 Å². The molecule has 0 spiro atoms. The Kier molecular flexibility index (Phi) is 2.83. The maximum atomic E-state index is 8.64. The van der Waals surface area contributed by atoms with Crippen molar-refractivity contribution in [1.82, 2.24) is 0 Å². The smallest absolute Gasteiger partial charge is 0.216 e. The molecule has 0 bridgehead atoms. The van der Waals surface area contributed by atoms with E-state index in [0.29, 0.717) is 11.0 Å². The first-order valence-electron chi connectivity index (χ1n) is 10.4. The fraction of sp³-hybridized carbons (Fsp3) is 0.217. The normalized spacial score (nSPS) is 16.4. The second-order valence-electron chi connectivity index (χ2n) is 6.51. The summed E-state index contributed by atoms with van der Waals surface area (Å²) in [7, 11) is 1.95. The third kappa shape index (κ3) is 2.30. The molecule has 26 heavy (non-hydrogen) atoms. The van der Waals surface area contributed by atoms with Crippen LogP contribution >= 0.6 is 0 Å². The molecule has 1 unspecified atom stereocenters. The number of benzene rings is 2. The van der Waals surface area contributed by atoms with Gasteiger partial charge in [-0.3, -0.25) is 0 Å². The van der Waals surface area contributed by atoms with Gasteiger partial charge in [0.15, 0.2) is 11.9 Å². The van der Waals surface area contributed by atoms with Gasteiger partial charge < -0.3 is 4.42 Å². The van der Waals surface area contributed by atoms with Gasteiger partial charge in [-0.25, -0.2) is 9.41 Å². The van der Waals surface area contributed by atoms with Crippen molar-refractivity contribution in [2.75, 3.05) is 0 Å². The topological polar surface area (TPSA) is 21.4 Å². The summed E-state index contributed by atoms with van der Waals surface area (Å²) in [6.45, 7) is 8.23.